The van der Waals surface area contributed by atoms with Crippen molar-refractivity contribution < 1.29 is 19.1 Å². The molecule has 0 saturated heterocycles. The minimum absolute atomic E-state index is 0.143. The van der Waals surface area contributed by atoms with Crippen LogP contribution in [0.4, 0.5) is 5.69 Å². The molecule has 7 heteroatoms. The molecule has 0 radical (unpaired) electrons. The monoisotopic (exact) mass is 374 g/mol. The molecule has 1 fully saturated rings. The van der Waals surface area contributed by atoms with Crippen molar-refractivity contribution in [3.63, 3.8) is 0 Å². The van der Waals surface area contributed by atoms with E-state index in [9.17, 15) is 9.59 Å². The number of benzene rings is 2. The summed E-state index contributed by atoms with van der Waals surface area (Å²) >= 11 is 5.90. The lowest BCUT2D eigenvalue weighted by atomic mass is 10.1. The van der Waals surface area contributed by atoms with E-state index in [4.69, 9.17) is 26.8 Å². The molecule has 2 aromatic rings. The van der Waals surface area contributed by atoms with Gasteiger partial charge in [0.05, 0.1) is 25.5 Å². The van der Waals surface area contributed by atoms with Crippen LogP contribution in [0, 0.1) is 5.92 Å². The van der Waals surface area contributed by atoms with Gasteiger partial charge in [-0.3, -0.25) is 9.59 Å². The number of nitrogens with one attached hydrogen (secondary N) is 1. The van der Waals surface area contributed by atoms with Crippen molar-refractivity contribution in [2.45, 2.75) is 12.3 Å². The van der Waals surface area contributed by atoms with Gasteiger partial charge in [0.2, 0.25) is 5.91 Å². The molecule has 0 spiro atoms. The normalized spacial score (nSPS) is 18.1. The zero-order valence-corrected chi connectivity index (χ0v) is 15.2. The molecular formula is C19H19ClN2O4. The number of methoxy groups -OCH3 is 2. The lowest BCUT2D eigenvalue weighted by Crippen LogP contribution is -2.20. The van der Waals surface area contributed by atoms with Gasteiger partial charge in [0.15, 0.2) is 11.5 Å². The van der Waals surface area contributed by atoms with E-state index in [0.717, 1.165) is 12.0 Å². The molecule has 1 saturated carbocycles. The number of ether oxygens (including phenoxy) is 2. The minimum atomic E-state index is -0.661. The van der Waals surface area contributed by atoms with Crippen molar-refractivity contribution in [1.82, 2.24) is 0 Å². The maximum Gasteiger partial charge on any atom is 0.250 e. The Hall–Kier alpha value is -2.73. The Balaban J connectivity index is 1.79. The van der Waals surface area contributed by atoms with E-state index < -0.39 is 5.91 Å². The third kappa shape index (κ3) is 3.60. The quantitative estimate of drug-likeness (QED) is 0.812. The number of carbonyl (C=O) groups excluding carboxylic acids is 2. The zero-order chi connectivity index (χ0) is 18.8. The number of halogens is 1. The highest BCUT2D eigenvalue weighted by atomic mass is 35.5. The van der Waals surface area contributed by atoms with Gasteiger partial charge >= 0.3 is 0 Å². The summed E-state index contributed by atoms with van der Waals surface area (Å²) in [6.07, 6.45) is 0.743. The summed E-state index contributed by atoms with van der Waals surface area (Å²) in [7, 11) is 2.94. The van der Waals surface area contributed by atoms with Crippen molar-refractivity contribution in [2.75, 3.05) is 19.5 Å². The van der Waals surface area contributed by atoms with Crippen molar-refractivity contribution in [1.29, 1.82) is 0 Å². The third-order valence-corrected chi connectivity index (χ3v) is 4.72. The Morgan fingerprint density at radius 2 is 1.73 bits per heavy atom. The molecule has 136 valence electrons. The molecule has 0 heterocycles. The molecule has 26 heavy (non-hydrogen) atoms. The number of hydrogen-bond acceptors (Lipinski definition) is 4. The number of rotatable bonds is 6. The first-order valence-corrected chi connectivity index (χ1v) is 8.44. The summed E-state index contributed by atoms with van der Waals surface area (Å²) in [4.78, 5) is 24.3. The molecule has 3 rings (SSSR count). The molecule has 0 aliphatic heterocycles. The van der Waals surface area contributed by atoms with E-state index in [1.54, 1.807) is 0 Å². The minimum Gasteiger partial charge on any atom is -0.493 e. The van der Waals surface area contributed by atoms with E-state index in [1.807, 2.05) is 24.3 Å². The van der Waals surface area contributed by atoms with Gasteiger partial charge in [0.1, 0.15) is 0 Å². The van der Waals surface area contributed by atoms with Crippen molar-refractivity contribution in [3.8, 4) is 11.5 Å². The van der Waals surface area contributed by atoms with E-state index in [1.165, 1.54) is 26.4 Å². The SMILES string of the molecule is COc1cc(NC(=O)C2CC2c2ccc(Cl)cc2)c(C(N)=O)cc1OC. The predicted octanol–water partition coefficient (Wildman–Crippen LogP) is 3.20. The molecule has 2 atom stereocenters. The van der Waals surface area contributed by atoms with Crippen molar-refractivity contribution >= 4 is 29.1 Å². The molecule has 2 amide bonds. The highest BCUT2D eigenvalue weighted by Crippen LogP contribution is 2.48. The van der Waals surface area contributed by atoms with Crippen LogP contribution in [0.25, 0.3) is 0 Å². The molecule has 6 nitrogen and oxygen atoms in total. The predicted molar refractivity (Wildman–Crippen MR) is 99.0 cm³/mol. The molecule has 0 bridgehead atoms. The second-order valence-corrected chi connectivity index (χ2v) is 6.54. The molecule has 2 aromatic carbocycles. The van der Waals surface area contributed by atoms with Crippen LogP contribution in [0.3, 0.4) is 0 Å². The number of nitrogens with two attached hydrogens (primary N) is 1. The third-order valence-electron chi connectivity index (χ3n) is 4.47. The van der Waals surface area contributed by atoms with E-state index >= 15 is 0 Å². The number of anilines is 1. The topological polar surface area (TPSA) is 90.6 Å². The first-order chi connectivity index (χ1) is 12.4. The Morgan fingerprint density at radius 1 is 1.12 bits per heavy atom. The van der Waals surface area contributed by atoms with Crippen LogP contribution >= 0.6 is 11.6 Å². The number of amides is 2. The largest absolute Gasteiger partial charge is 0.493 e. The maximum atomic E-state index is 12.6. The Labute approximate surface area is 156 Å². The average Bonchev–Trinajstić information content (AvgIpc) is 3.42. The molecule has 1 aliphatic carbocycles. The zero-order valence-electron chi connectivity index (χ0n) is 14.4. The summed E-state index contributed by atoms with van der Waals surface area (Å²) in [5.41, 5.74) is 6.97. The summed E-state index contributed by atoms with van der Waals surface area (Å²) in [6.45, 7) is 0. The highest BCUT2D eigenvalue weighted by Gasteiger charge is 2.44. The summed E-state index contributed by atoms with van der Waals surface area (Å²) in [5, 5.41) is 3.45. The van der Waals surface area contributed by atoms with Crippen molar-refractivity contribution in [2.24, 2.45) is 11.7 Å². The molecule has 0 aromatic heterocycles. The Morgan fingerprint density at radius 3 is 2.31 bits per heavy atom. The van der Waals surface area contributed by atoms with Gasteiger partial charge in [-0.15, -0.1) is 0 Å². The van der Waals surface area contributed by atoms with Gasteiger partial charge in [-0.1, -0.05) is 23.7 Å². The number of carbonyl (C=O) groups is 2. The lowest BCUT2D eigenvalue weighted by molar-refractivity contribution is -0.117. The standard InChI is InChI=1S/C19H19ClN2O4/c1-25-16-8-14(18(21)23)15(9-17(16)26-2)22-19(24)13-7-12(13)10-3-5-11(20)6-4-10/h3-6,8-9,12-13H,7H2,1-2H3,(H2,21,23)(H,22,24). The molecule has 3 N–H and O–H groups in total. The average molecular weight is 375 g/mol. The van der Waals surface area contributed by atoms with Gasteiger partial charge in [-0.25, -0.2) is 0 Å². The van der Waals surface area contributed by atoms with Gasteiger partial charge < -0.3 is 20.5 Å². The summed E-state index contributed by atoms with van der Waals surface area (Å²) in [5.74, 6) is -0.0805. The van der Waals surface area contributed by atoms with Gasteiger partial charge in [0, 0.05) is 17.0 Å². The van der Waals surface area contributed by atoms with Crippen LogP contribution in [0.15, 0.2) is 36.4 Å². The second kappa shape index (κ2) is 7.25. The number of primary amides is 1. The fourth-order valence-corrected chi connectivity index (χ4v) is 3.10. The molecule has 1 aliphatic rings. The van der Waals surface area contributed by atoms with E-state index in [-0.39, 0.29) is 23.3 Å². The lowest BCUT2D eigenvalue weighted by Gasteiger charge is -2.14. The summed E-state index contributed by atoms with van der Waals surface area (Å²) < 4.78 is 10.4. The first-order valence-electron chi connectivity index (χ1n) is 8.06. The number of hydrogen-bond donors (Lipinski definition) is 2. The second-order valence-electron chi connectivity index (χ2n) is 6.11. The van der Waals surface area contributed by atoms with Crippen LogP contribution in [0.2, 0.25) is 5.02 Å². The van der Waals surface area contributed by atoms with Gasteiger partial charge in [0.25, 0.3) is 5.91 Å². The van der Waals surface area contributed by atoms with Crippen LogP contribution in [0.1, 0.15) is 28.3 Å². The van der Waals surface area contributed by atoms with Gasteiger partial charge in [-0.05, 0) is 36.1 Å². The smallest absolute Gasteiger partial charge is 0.250 e. The highest BCUT2D eigenvalue weighted by molar-refractivity contribution is 6.30. The van der Waals surface area contributed by atoms with Crippen LogP contribution < -0.4 is 20.5 Å². The van der Waals surface area contributed by atoms with Crippen molar-refractivity contribution in [3.05, 3.63) is 52.5 Å². The van der Waals surface area contributed by atoms with Crippen LogP contribution in [0.5, 0.6) is 11.5 Å². The summed E-state index contributed by atoms with van der Waals surface area (Å²) in [6, 6.07) is 10.5. The van der Waals surface area contributed by atoms with Crippen LogP contribution in [-0.4, -0.2) is 26.0 Å². The van der Waals surface area contributed by atoms with Crippen LogP contribution in [-0.2, 0) is 4.79 Å². The first kappa shape index (κ1) is 18.1. The van der Waals surface area contributed by atoms with E-state index in [0.29, 0.717) is 22.2 Å². The fraction of sp³-hybridized carbons (Fsp3) is 0.263. The Kier molecular flexibility index (Phi) is 5.04. The molecule has 2 unspecified atom stereocenters. The van der Waals surface area contributed by atoms with Gasteiger partial charge in [-0.2, -0.15) is 0 Å². The Bertz CT molecular complexity index is 851. The fourth-order valence-electron chi connectivity index (χ4n) is 2.97. The maximum absolute atomic E-state index is 12.6. The molecular weight excluding hydrogens is 356 g/mol. The van der Waals surface area contributed by atoms with E-state index in [2.05, 4.69) is 5.32 Å².